The van der Waals surface area contributed by atoms with Crippen LogP contribution in [0.4, 0.5) is 5.13 Å². The van der Waals surface area contributed by atoms with E-state index in [4.69, 9.17) is 9.47 Å². The summed E-state index contributed by atoms with van der Waals surface area (Å²) in [4.78, 5) is 17.0. The average Bonchev–Trinajstić information content (AvgIpc) is 3.15. The highest BCUT2D eigenvalue weighted by atomic mass is 32.2. The second-order valence-corrected chi connectivity index (χ2v) is 9.66. The summed E-state index contributed by atoms with van der Waals surface area (Å²) in [5, 5.41) is 5.09. The summed E-state index contributed by atoms with van der Waals surface area (Å²) in [7, 11) is -3.28. The third-order valence-corrected chi connectivity index (χ3v) is 6.41. The highest BCUT2D eigenvalue weighted by molar-refractivity contribution is 7.90. The zero-order chi connectivity index (χ0) is 20.9. The number of nitrogens with zero attached hydrogens (tertiary/aromatic N) is 1. The van der Waals surface area contributed by atoms with Gasteiger partial charge in [-0.2, -0.15) is 0 Å². The number of rotatable bonds is 8. The van der Waals surface area contributed by atoms with E-state index in [1.807, 2.05) is 5.38 Å². The number of aromatic nitrogens is 1. The molecule has 1 aromatic heterocycles. The van der Waals surface area contributed by atoms with Gasteiger partial charge in [0.25, 0.3) is 5.91 Å². The summed E-state index contributed by atoms with van der Waals surface area (Å²) >= 11 is 1.33. The van der Waals surface area contributed by atoms with Crippen LogP contribution in [-0.4, -0.2) is 45.1 Å². The zero-order valence-corrected chi connectivity index (χ0v) is 17.9. The lowest BCUT2D eigenvalue weighted by atomic mass is 10.1. The monoisotopic (exact) mass is 436 g/mol. The topological polar surface area (TPSA) is 94.6 Å². The van der Waals surface area contributed by atoms with Gasteiger partial charge < -0.3 is 9.47 Å². The van der Waals surface area contributed by atoms with E-state index in [0.717, 1.165) is 37.8 Å². The SMILES string of the molecule is C=C(C(=O)Nc1nc(CCOC2CCCCO2)cs1)c1ccc(S(C)(=O)=O)cc1. The third kappa shape index (κ3) is 6.20. The maximum atomic E-state index is 12.4. The molecule has 0 radical (unpaired) electrons. The molecule has 1 atom stereocenters. The first kappa shape index (κ1) is 21.6. The molecule has 1 aromatic carbocycles. The van der Waals surface area contributed by atoms with Crippen LogP contribution in [0, 0.1) is 0 Å². The molecular weight excluding hydrogens is 412 g/mol. The van der Waals surface area contributed by atoms with E-state index >= 15 is 0 Å². The molecule has 1 aliphatic rings. The van der Waals surface area contributed by atoms with E-state index < -0.39 is 9.84 Å². The predicted molar refractivity (Wildman–Crippen MR) is 113 cm³/mol. The van der Waals surface area contributed by atoms with Gasteiger partial charge in [-0.1, -0.05) is 18.7 Å². The van der Waals surface area contributed by atoms with Crippen molar-refractivity contribution in [2.24, 2.45) is 0 Å². The molecule has 2 aromatic rings. The molecule has 156 valence electrons. The van der Waals surface area contributed by atoms with Crippen LogP contribution in [0.15, 0.2) is 41.1 Å². The molecule has 0 aliphatic carbocycles. The summed E-state index contributed by atoms with van der Waals surface area (Å²) in [5.41, 5.74) is 1.62. The standard InChI is InChI=1S/C20H24N2O5S2/c1-14(15-6-8-17(9-7-15)29(2,24)25)19(23)22-20-21-16(13-28-20)10-12-27-18-5-3-4-11-26-18/h6-9,13,18H,1,3-5,10-12H2,2H3,(H,21,22,23). The maximum Gasteiger partial charge on any atom is 0.257 e. The Morgan fingerprint density at radius 3 is 2.76 bits per heavy atom. The fourth-order valence-corrected chi connectivity index (χ4v) is 4.19. The van der Waals surface area contributed by atoms with Crippen LogP contribution >= 0.6 is 11.3 Å². The number of hydrogen-bond acceptors (Lipinski definition) is 7. The van der Waals surface area contributed by atoms with Gasteiger partial charge in [-0.3, -0.25) is 10.1 Å². The van der Waals surface area contributed by atoms with Crippen LogP contribution < -0.4 is 5.32 Å². The normalized spacial score (nSPS) is 17.1. The van der Waals surface area contributed by atoms with Gasteiger partial charge in [0.2, 0.25) is 0 Å². The minimum Gasteiger partial charge on any atom is -0.353 e. The Balaban J connectivity index is 1.50. The number of anilines is 1. The van der Waals surface area contributed by atoms with Gasteiger partial charge in [-0.25, -0.2) is 13.4 Å². The lowest BCUT2D eigenvalue weighted by Crippen LogP contribution is -2.23. The Kier molecular flexibility index (Phi) is 7.18. The predicted octanol–water partition coefficient (Wildman–Crippen LogP) is 3.28. The Morgan fingerprint density at radius 2 is 2.10 bits per heavy atom. The molecule has 3 rings (SSSR count). The van der Waals surface area contributed by atoms with E-state index in [2.05, 4.69) is 16.9 Å². The number of amides is 1. The van der Waals surface area contributed by atoms with Crippen LogP contribution in [0.5, 0.6) is 0 Å². The van der Waals surface area contributed by atoms with Gasteiger partial charge in [0.05, 0.1) is 17.2 Å². The van der Waals surface area contributed by atoms with Crippen molar-refractivity contribution in [1.82, 2.24) is 4.98 Å². The number of sulfone groups is 1. The zero-order valence-electron chi connectivity index (χ0n) is 16.2. The first-order valence-electron chi connectivity index (χ1n) is 9.31. The molecule has 1 amide bonds. The number of hydrogen-bond donors (Lipinski definition) is 1. The van der Waals surface area contributed by atoms with Crippen molar-refractivity contribution in [1.29, 1.82) is 0 Å². The molecule has 2 heterocycles. The van der Waals surface area contributed by atoms with Crippen molar-refractivity contribution in [3.63, 3.8) is 0 Å². The molecule has 29 heavy (non-hydrogen) atoms. The third-order valence-electron chi connectivity index (χ3n) is 4.48. The fraction of sp³-hybridized carbons (Fsp3) is 0.400. The highest BCUT2D eigenvalue weighted by Gasteiger charge is 2.15. The van der Waals surface area contributed by atoms with Gasteiger partial charge in [0, 0.05) is 30.2 Å². The lowest BCUT2D eigenvalue weighted by Gasteiger charge is -2.22. The summed E-state index contributed by atoms with van der Waals surface area (Å²) < 4.78 is 34.3. The number of thiazole rings is 1. The van der Waals surface area contributed by atoms with E-state index in [9.17, 15) is 13.2 Å². The van der Waals surface area contributed by atoms with Crippen LogP contribution in [0.25, 0.3) is 5.57 Å². The quantitative estimate of drug-likeness (QED) is 0.638. The second kappa shape index (κ2) is 9.62. The Hall–Kier alpha value is -2.07. The average molecular weight is 437 g/mol. The number of benzene rings is 1. The number of carbonyl (C=O) groups excluding carboxylic acids is 1. The van der Waals surface area contributed by atoms with Crippen LogP contribution in [0.2, 0.25) is 0 Å². The molecule has 0 saturated carbocycles. The summed E-state index contributed by atoms with van der Waals surface area (Å²) in [6.07, 6.45) is 4.78. The minimum atomic E-state index is -3.28. The molecule has 0 bridgehead atoms. The summed E-state index contributed by atoms with van der Waals surface area (Å²) in [6, 6.07) is 6.05. The molecule has 1 aliphatic heterocycles. The van der Waals surface area contributed by atoms with Crippen molar-refractivity contribution >= 4 is 37.8 Å². The summed E-state index contributed by atoms with van der Waals surface area (Å²) in [6.45, 7) is 5.07. The maximum absolute atomic E-state index is 12.4. The fourth-order valence-electron chi connectivity index (χ4n) is 2.82. The first-order chi connectivity index (χ1) is 13.8. The smallest absolute Gasteiger partial charge is 0.257 e. The van der Waals surface area contributed by atoms with Crippen LogP contribution in [0.1, 0.15) is 30.5 Å². The first-order valence-corrected chi connectivity index (χ1v) is 12.1. The van der Waals surface area contributed by atoms with Crippen molar-refractivity contribution < 1.29 is 22.7 Å². The summed E-state index contributed by atoms with van der Waals surface area (Å²) in [5.74, 6) is -0.384. The number of nitrogens with one attached hydrogen (secondary N) is 1. The van der Waals surface area contributed by atoms with Crippen molar-refractivity contribution in [2.75, 3.05) is 24.8 Å². The van der Waals surface area contributed by atoms with E-state index in [-0.39, 0.29) is 22.7 Å². The molecule has 9 heteroatoms. The molecule has 0 spiro atoms. The highest BCUT2D eigenvalue weighted by Crippen LogP contribution is 2.21. The van der Waals surface area contributed by atoms with Crippen LogP contribution in [-0.2, 0) is 30.5 Å². The molecule has 1 unspecified atom stereocenters. The van der Waals surface area contributed by atoms with E-state index in [0.29, 0.717) is 23.7 Å². The Labute approximate surface area is 174 Å². The molecule has 1 saturated heterocycles. The van der Waals surface area contributed by atoms with Crippen LogP contribution in [0.3, 0.4) is 0 Å². The number of ether oxygens (including phenoxy) is 2. The largest absolute Gasteiger partial charge is 0.353 e. The lowest BCUT2D eigenvalue weighted by molar-refractivity contribution is -0.161. The van der Waals surface area contributed by atoms with Crippen molar-refractivity contribution in [3.05, 3.63) is 47.5 Å². The number of carbonyl (C=O) groups is 1. The minimum absolute atomic E-state index is 0.126. The van der Waals surface area contributed by atoms with E-state index in [1.54, 1.807) is 12.1 Å². The Morgan fingerprint density at radius 1 is 1.34 bits per heavy atom. The van der Waals surface area contributed by atoms with Gasteiger partial charge in [-0.05, 0) is 37.0 Å². The van der Waals surface area contributed by atoms with E-state index in [1.165, 1.54) is 23.5 Å². The van der Waals surface area contributed by atoms with Crippen molar-refractivity contribution in [2.45, 2.75) is 36.9 Å². The molecular formula is C20H24N2O5S2. The molecule has 7 nitrogen and oxygen atoms in total. The van der Waals surface area contributed by atoms with Gasteiger partial charge in [0.1, 0.15) is 0 Å². The molecule has 1 fully saturated rings. The Bertz CT molecular complexity index is 961. The molecule has 1 N–H and O–H groups in total. The van der Waals surface area contributed by atoms with Gasteiger partial charge >= 0.3 is 0 Å². The van der Waals surface area contributed by atoms with Gasteiger partial charge in [-0.15, -0.1) is 11.3 Å². The van der Waals surface area contributed by atoms with Gasteiger partial charge in [0.15, 0.2) is 21.3 Å². The van der Waals surface area contributed by atoms with Crippen molar-refractivity contribution in [3.8, 4) is 0 Å². The second-order valence-electron chi connectivity index (χ2n) is 6.79.